The van der Waals surface area contributed by atoms with Gasteiger partial charge in [-0.25, -0.2) is 0 Å². The van der Waals surface area contributed by atoms with Crippen LogP contribution < -0.4 is 34.0 Å². The number of nitrogens with zero attached hydrogens (tertiary/aromatic N) is 1. The SMILES string of the molecule is CC(C)C[C@H]1N=COC12CCC2.[Br-].[Br-].[Pd+2]. The van der Waals surface area contributed by atoms with Crippen LogP contribution in [0.25, 0.3) is 0 Å². The van der Waals surface area contributed by atoms with Gasteiger partial charge in [0.05, 0.1) is 6.04 Å². The van der Waals surface area contributed by atoms with Gasteiger partial charge in [0.1, 0.15) is 5.60 Å². The minimum absolute atomic E-state index is 0. The predicted octanol–water partition coefficient (Wildman–Crippen LogP) is -3.61. The quantitative estimate of drug-likeness (QED) is 0.413. The molecule has 0 radical (unpaired) electrons. The van der Waals surface area contributed by atoms with E-state index in [-0.39, 0.29) is 60.0 Å². The van der Waals surface area contributed by atoms with E-state index in [9.17, 15) is 0 Å². The Morgan fingerprint density at radius 2 is 2.00 bits per heavy atom. The molecule has 15 heavy (non-hydrogen) atoms. The summed E-state index contributed by atoms with van der Waals surface area (Å²) in [7, 11) is 0. The molecule has 0 unspecified atom stereocenters. The molecule has 1 atom stereocenters. The number of halogens is 2. The summed E-state index contributed by atoms with van der Waals surface area (Å²) in [5.74, 6) is 0.728. The molecule has 1 aliphatic carbocycles. The average Bonchev–Trinajstić information content (AvgIpc) is 2.28. The van der Waals surface area contributed by atoms with Crippen LogP contribution in [0.5, 0.6) is 0 Å². The fourth-order valence-electron chi connectivity index (χ4n) is 2.12. The molecule has 2 aliphatic rings. The fraction of sp³-hybridized carbons (Fsp3) is 0.900. The van der Waals surface area contributed by atoms with Gasteiger partial charge >= 0.3 is 20.4 Å². The van der Waals surface area contributed by atoms with Gasteiger partial charge in [0.2, 0.25) is 0 Å². The third-order valence-electron chi connectivity index (χ3n) is 3.03. The van der Waals surface area contributed by atoms with Gasteiger partial charge < -0.3 is 38.7 Å². The molecule has 92 valence electrons. The normalized spacial score (nSPS) is 24.6. The van der Waals surface area contributed by atoms with E-state index >= 15 is 0 Å². The second-order valence-electron chi connectivity index (χ2n) is 4.44. The van der Waals surface area contributed by atoms with Crippen LogP contribution in [0.1, 0.15) is 39.5 Å². The molecule has 2 nitrogen and oxygen atoms in total. The first-order chi connectivity index (χ1) is 5.73. The predicted molar refractivity (Wildman–Crippen MR) is 49.4 cm³/mol. The van der Waals surface area contributed by atoms with Crippen LogP contribution >= 0.6 is 0 Å². The summed E-state index contributed by atoms with van der Waals surface area (Å²) >= 11 is 0. The van der Waals surface area contributed by atoms with E-state index in [4.69, 9.17) is 4.74 Å². The molecule has 0 aromatic rings. The summed E-state index contributed by atoms with van der Waals surface area (Å²) in [6.07, 6.45) is 6.59. The van der Waals surface area contributed by atoms with E-state index in [1.54, 1.807) is 6.40 Å². The van der Waals surface area contributed by atoms with Crippen LogP contribution in [0.4, 0.5) is 0 Å². The first kappa shape index (κ1) is 18.5. The Labute approximate surface area is 127 Å². The Morgan fingerprint density at radius 1 is 1.40 bits per heavy atom. The number of hydrogen-bond donors (Lipinski definition) is 0. The molecule has 0 aromatic carbocycles. The maximum atomic E-state index is 5.60. The van der Waals surface area contributed by atoms with Crippen LogP contribution in [0.3, 0.4) is 0 Å². The largest absolute Gasteiger partial charge is 2.00 e. The summed E-state index contributed by atoms with van der Waals surface area (Å²) in [5.41, 5.74) is 0.143. The van der Waals surface area contributed by atoms with Gasteiger partial charge in [-0.1, -0.05) is 13.8 Å². The first-order valence-corrected chi connectivity index (χ1v) is 4.92. The Balaban J connectivity index is 0. The minimum Gasteiger partial charge on any atom is -1.00 e. The monoisotopic (exact) mass is 431 g/mol. The van der Waals surface area contributed by atoms with Gasteiger partial charge in [0, 0.05) is 0 Å². The van der Waals surface area contributed by atoms with Crippen molar-refractivity contribution in [2.45, 2.75) is 51.2 Å². The van der Waals surface area contributed by atoms with Crippen molar-refractivity contribution in [1.29, 1.82) is 0 Å². The van der Waals surface area contributed by atoms with Crippen LogP contribution in [0.2, 0.25) is 0 Å². The molecular formula is C10H17Br2NOPd. The molecule has 0 N–H and O–H groups in total. The molecule has 0 aromatic heterocycles. The van der Waals surface area contributed by atoms with Crippen LogP contribution in [0.15, 0.2) is 4.99 Å². The first-order valence-electron chi connectivity index (χ1n) is 4.92. The Kier molecular flexibility index (Phi) is 9.14. The maximum Gasteiger partial charge on any atom is 2.00 e. The topological polar surface area (TPSA) is 21.6 Å². The van der Waals surface area contributed by atoms with Gasteiger partial charge in [0.25, 0.3) is 0 Å². The fourth-order valence-corrected chi connectivity index (χ4v) is 2.12. The van der Waals surface area contributed by atoms with Crippen molar-refractivity contribution in [3.05, 3.63) is 0 Å². The van der Waals surface area contributed by atoms with Crippen LogP contribution in [-0.4, -0.2) is 18.0 Å². The average molecular weight is 433 g/mol. The third-order valence-corrected chi connectivity index (χ3v) is 3.03. The van der Waals surface area contributed by atoms with E-state index < -0.39 is 0 Å². The van der Waals surface area contributed by atoms with E-state index in [2.05, 4.69) is 18.8 Å². The zero-order chi connectivity index (χ0) is 8.60. The van der Waals surface area contributed by atoms with Crippen molar-refractivity contribution in [3.63, 3.8) is 0 Å². The molecule has 0 amide bonds. The Bertz CT molecular complexity index is 208. The molecular weight excluding hydrogens is 416 g/mol. The maximum absolute atomic E-state index is 5.60. The second kappa shape index (κ2) is 7.42. The molecule has 0 bridgehead atoms. The molecule has 1 aliphatic heterocycles. The molecule has 1 saturated carbocycles. The number of rotatable bonds is 2. The van der Waals surface area contributed by atoms with E-state index in [1.807, 2.05) is 0 Å². The summed E-state index contributed by atoms with van der Waals surface area (Å²) in [6, 6.07) is 0.450. The van der Waals surface area contributed by atoms with Crippen molar-refractivity contribution in [2.24, 2.45) is 10.9 Å². The number of ether oxygens (including phenoxy) is 1. The summed E-state index contributed by atoms with van der Waals surface area (Å²) in [5, 5.41) is 0. The van der Waals surface area contributed by atoms with Crippen molar-refractivity contribution in [1.82, 2.24) is 0 Å². The minimum atomic E-state index is 0. The summed E-state index contributed by atoms with van der Waals surface area (Å²) in [4.78, 5) is 4.40. The third kappa shape index (κ3) is 3.80. The number of aliphatic imine (C=N–C) groups is 1. The van der Waals surface area contributed by atoms with E-state index in [0.29, 0.717) is 6.04 Å². The van der Waals surface area contributed by atoms with E-state index in [0.717, 1.165) is 5.92 Å². The van der Waals surface area contributed by atoms with Crippen LogP contribution in [0, 0.1) is 5.92 Å². The zero-order valence-corrected chi connectivity index (χ0v) is 13.7. The van der Waals surface area contributed by atoms with Gasteiger partial charge in [-0.3, -0.25) is 4.99 Å². The molecule has 1 heterocycles. The van der Waals surface area contributed by atoms with Gasteiger partial charge in [-0.2, -0.15) is 0 Å². The van der Waals surface area contributed by atoms with E-state index in [1.165, 1.54) is 25.7 Å². The molecule has 1 fully saturated rings. The van der Waals surface area contributed by atoms with Crippen molar-refractivity contribution in [3.8, 4) is 0 Å². The number of hydrogen-bond acceptors (Lipinski definition) is 2. The van der Waals surface area contributed by atoms with Crippen molar-refractivity contribution < 1.29 is 59.1 Å². The molecule has 5 heteroatoms. The Hall–Kier alpha value is 1.09. The summed E-state index contributed by atoms with van der Waals surface area (Å²) < 4.78 is 5.60. The van der Waals surface area contributed by atoms with Gasteiger partial charge in [-0.15, -0.1) is 0 Å². The van der Waals surface area contributed by atoms with Crippen molar-refractivity contribution in [2.75, 3.05) is 0 Å². The van der Waals surface area contributed by atoms with Gasteiger partial charge in [0.15, 0.2) is 6.40 Å². The molecule has 2 rings (SSSR count). The summed E-state index contributed by atoms with van der Waals surface area (Å²) in [6.45, 7) is 4.50. The second-order valence-corrected chi connectivity index (χ2v) is 4.44. The standard InChI is InChI=1S/C10H17NO.2BrH.Pd/c1-8(2)6-9-10(4-3-5-10)12-7-11-9;;;/h7-9H,3-6H2,1-2H3;2*1H;/q;;;+2/p-2/t9-;;;/m1.../s1. The van der Waals surface area contributed by atoms with Gasteiger partial charge in [-0.05, 0) is 31.6 Å². The molecule has 0 saturated heterocycles. The van der Waals surface area contributed by atoms with Crippen molar-refractivity contribution >= 4 is 6.40 Å². The zero-order valence-electron chi connectivity index (χ0n) is 8.99. The molecule has 1 spiro atoms. The Morgan fingerprint density at radius 3 is 2.40 bits per heavy atom. The smallest absolute Gasteiger partial charge is 1.00 e. The van der Waals surface area contributed by atoms with Crippen LogP contribution in [-0.2, 0) is 25.2 Å².